The van der Waals surface area contributed by atoms with E-state index in [1.165, 1.54) is 0 Å². The topological polar surface area (TPSA) is 56.8 Å². The van der Waals surface area contributed by atoms with Crippen molar-refractivity contribution in [3.05, 3.63) is 90.0 Å². The second-order valence-electron chi connectivity index (χ2n) is 6.36. The van der Waals surface area contributed by atoms with Crippen molar-refractivity contribution in [2.24, 2.45) is 0 Å². The van der Waals surface area contributed by atoms with Gasteiger partial charge < -0.3 is 19.5 Å². The Kier molecular flexibility index (Phi) is 7.66. The van der Waals surface area contributed by atoms with Crippen LogP contribution in [0.1, 0.15) is 18.1 Å². The van der Waals surface area contributed by atoms with E-state index >= 15 is 0 Å². The van der Waals surface area contributed by atoms with Gasteiger partial charge in [0.1, 0.15) is 17.2 Å². The lowest BCUT2D eigenvalue weighted by atomic mass is 10.1. The zero-order chi connectivity index (χ0) is 20.3. The molecule has 3 rings (SSSR count). The summed E-state index contributed by atoms with van der Waals surface area (Å²) in [5.41, 5.74) is 2.11. The predicted molar refractivity (Wildman–Crippen MR) is 112 cm³/mol. The van der Waals surface area contributed by atoms with Gasteiger partial charge in [-0.1, -0.05) is 42.5 Å². The molecule has 3 aromatic carbocycles. The molecule has 0 bridgehead atoms. The molecule has 0 atom stereocenters. The molecular formula is C24H25NO4. The SMILES string of the molecule is CCOCc1ccccc1CNC(=O)COc1ccc(Oc2ccccc2)cc1. The van der Waals surface area contributed by atoms with Crippen LogP contribution in [0.3, 0.4) is 0 Å². The van der Waals surface area contributed by atoms with Crippen LogP contribution in [0.5, 0.6) is 17.2 Å². The fourth-order valence-electron chi connectivity index (χ4n) is 2.71. The minimum absolute atomic E-state index is 0.0491. The molecular weight excluding hydrogens is 366 g/mol. The van der Waals surface area contributed by atoms with Gasteiger partial charge in [-0.05, 0) is 54.4 Å². The van der Waals surface area contributed by atoms with Gasteiger partial charge in [-0.2, -0.15) is 0 Å². The maximum absolute atomic E-state index is 12.1. The third-order valence-corrected chi connectivity index (χ3v) is 4.23. The van der Waals surface area contributed by atoms with Gasteiger partial charge in [-0.3, -0.25) is 4.79 Å². The van der Waals surface area contributed by atoms with Crippen molar-refractivity contribution in [3.8, 4) is 17.2 Å². The third-order valence-electron chi connectivity index (χ3n) is 4.23. The van der Waals surface area contributed by atoms with E-state index in [1.54, 1.807) is 12.1 Å². The number of carbonyl (C=O) groups excluding carboxylic acids is 1. The number of hydrogen-bond donors (Lipinski definition) is 1. The molecule has 0 fully saturated rings. The third kappa shape index (κ3) is 6.66. The van der Waals surface area contributed by atoms with E-state index < -0.39 is 0 Å². The maximum atomic E-state index is 12.1. The summed E-state index contributed by atoms with van der Waals surface area (Å²) in [6, 6.07) is 24.6. The largest absolute Gasteiger partial charge is 0.484 e. The van der Waals surface area contributed by atoms with E-state index in [0.29, 0.717) is 31.3 Å². The van der Waals surface area contributed by atoms with E-state index in [9.17, 15) is 4.79 Å². The summed E-state index contributed by atoms with van der Waals surface area (Å²) < 4.78 is 16.8. The van der Waals surface area contributed by atoms with Crippen LogP contribution in [-0.4, -0.2) is 19.1 Å². The van der Waals surface area contributed by atoms with E-state index in [0.717, 1.165) is 16.9 Å². The zero-order valence-corrected chi connectivity index (χ0v) is 16.5. The lowest BCUT2D eigenvalue weighted by molar-refractivity contribution is -0.123. The highest BCUT2D eigenvalue weighted by Crippen LogP contribution is 2.23. The normalized spacial score (nSPS) is 10.4. The average molecular weight is 391 g/mol. The number of hydrogen-bond acceptors (Lipinski definition) is 4. The van der Waals surface area contributed by atoms with Gasteiger partial charge in [0.2, 0.25) is 0 Å². The summed E-state index contributed by atoms with van der Waals surface area (Å²) in [5.74, 6) is 1.90. The van der Waals surface area contributed by atoms with Crippen LogP contribution in [-0.2, 0) is 22.7 Å². The van der Waals surface area contributed by atoms with Gasteiger partial charge in [0.25, 0.3) is 5.91 Å². The van der Waals surface area contributed by atoms with E-state index in [1.807, 2.05) is 73.7 Å². The molecule has 3 aromatic rings. The van der Waals surface area contributed by atoms with Gasteiger partial charge in [-0.25, -0.2) is 0 Å². The van der Waals surface area contributed by atoms with E-state index in [2.05, 4.69) is 5.32 Å². The molecule has 0 spiro atoms. The smallest absolute Gasteiger partial charge is 0.258 e. The second kappa shape index (κ2) is 10.9. The highest BCUT2D eigenvalue weighted by atomic mass is 16.5. The second-order valence-corrected chi connectivity index (χ2v) is 6.36. The van der Waals surface area contributed by atoms with Crippen LogP contribution in [0, 0.1) is 0 Å². The standard InChI is InChI=1S/C24H25NO4/c1-2-27-17-20-9-7-6-8-19(20)16-25-24(26)18-28-21-12-14-23(15-13-21)29-22-10-4-3-5-11-22/h3-15H,2,16-18H2,1H3,(H,25,26). The number of amides is 1. The molecule has 1 N–H and O–H groups in total. The van der Waals surface area contributed by atoms with Crippen LogP contribution in [0.4, 0.5) is 0 Å². The zero-order valence-electron chi connectivity index (χ0n) is 16.5. The molecule has 0 radical (unpaired) electrons. The summed E-state index contributed by atoms with van der Waals surface area (Å²) in [6.07, 6.45) is 0. The molecule has 29 heavy (non-hydrogen) atoms. The highest BCUT2D eigenvalue weighted by Gasteiger charge is 2.06. The van der Waals surface area contributed by atoms with Gasteiger partial charge in [0.15, 0.2) is 6.61 Å². The van der Waals surface area contributed by atoms with Crippen molar-refractivity contribution < 1.29 is 19.0 Å². The molecule has 5 nitrogen and oxygen atoms in total. The molecule has 0 unspecified atom stereocenters. The van der Waals surface area contributed by atoms with Crippen molar-refractivity contribution in [1.29, 1.82) is 0 Å². The minimum Gasteiger partial charge on any atom is -0.484 e. The number of carbonyl (C=O) groups is 1. The van der Waals surface area contributed by atoms with E-state index in [4.69, 9.17) is 14.2 Å². The Balaban J connectivity index is 1.45. The summed E-state index contributed by atoms with van der Waals surface area (Å²) in [6.45, 7) is 3.55. The monoisotopic (exact) mass is 391 g/mol. The lowest BCUT2D eigenvalue weighted by Gasteiger charge is -2.11. The quantitative estimate of drug-likeness (QED) is 0.544. The van der Waals surface area contributed by atoms with Crippen molar-refractivity contribution in [2.45, 2.75) is 20.1 Å². The van der Waals surface area contributed by atoms with Crippen molar-refractivity contribution in [1.82, 2.24) is 5.32 Å². The number of nitrogens with one attached hydrogen (secondary N) is 1. The summed E-state index contributed by atoms with van der Waals surface area (Å²) in [4.78, 5) is 12.1. The number of ether oxygens (including phenoxy) is 3. The van der Waals surface area contributed by atoms with Crippen LogP contribution < -0.4 is 14.8 Å². The highest BCUT2D eigenvalue weighted by molar-refractivity contribution is 5.77. The van der Waals surface area contributed by atoms with Crippen molar-refractivity contribution in [2.75, 3.05) is 13.2 Å². The first kappa shape index (κ1) is 20.4. The molecule has 0 aliphatic carbocycles. The number of rotatable bonds is 10. The Morgan fingerprint density at radius 1 is 0.793 bits per heavy atom. The van der Waals surface area contributed by atoms with Gasteiger partial charge in [-0.15, -0.1) is 0 Å². The van der Waals surface area contributed by atoms with Crippen molar-refractivity contribution in [3.63, 3.8) is 0 Å². The van der Waals surface area contributed by atoms with Crippen LogP contribution in [0.15, 0.2) is 78.9 Å². The van der Waals surface area contributed by atoms with Gasteiger partial charge in [0, 0.05) is 13.2 Å². The Morgan fingerprint density at radius 2 is 1.41 bits per heavy atom. The molecule has 0 aliphatic rings. The van der Waals surface area contributed by atoms with E-state index in [-0.39, 0.29) is 12.5 Å². The molecule has 5 heteroatoms. The predicted octanol–water partition coefficient (Wildman–Crippen LogP) is 4.71. The van der Waals surface area contributed by atoms with Gasteiger partial charge in [0.05, 0.1) is 6.61 Å². The minimum atomic E-state index is -0.180. The molecule has 0 aromatic heterocycles. The first-order chi connectivity index (χ1) is 14.2. The Bertz CT molecular complexity index is 894. The average Bonchev–Trinajstić information content (AvgIpc) is 2.77. The molecule has 0 heterocycles. The summed E-state index contributed by atoms with van der Waals surface area (Å²) in [5, 5.41) is 2.89. The lowest BCUT2D eigenvalue weighted by Crippen LogP contribution is -2.28. The maximum Gasteiger partial charge on any atom is 0.258 e. The number of benzene rings is 3. The van der Waals surface area contributed by atoms with Crippen LogP contribution in [0.2, 0.25) is 0 Å². The number of para-hydroxylation sites is 1. The molecule has 1 amide bonds. The Labute approximate surface area is 171 Å². The summed E-state index contributed by atoms with van der Waals surface area (Å²) >= 11 is 0. The Morgan fingerprint density at radius 3 is 2.14 bits per heavy atom. The van der Waals surface area contributed by atoms with Gasteiger partial charge >= 0.3 is 0 Å². The van der Waals surface area contributed by atoms with Crippen molar-refractivity contribution >= 4 is 5.91 Å². The molecule has 0 saturated heterocycles. The summed E-state index contributed by atoms with van der Waals surface area (Å²) in [7, 11) is 0. The van der Waals surface area contributed by atoms with Crippen LogP contribution >= 0.6 is 0 Å². The Hall–Kier alpha value is -3.31. The molecule has 150 valence electrons. The molecule has 0 saturated carbocycles. The first-order valence-corrected chi connectivity index (χ1v) is 9.61. The fourth-order valence-corrected chi connectivity index (χ4v) is 2.71. The molecule has 0 aliphatic heterocycles. The fraction of sp³-hybridized carbons (Fsp3) is 0.208. The van der Waals surface area contributed by atoms with Crippen LogP contribution in [0.25, 0.3) is 0 Å². The first-order valence-electron chi connectivity index (χ1n) is 9.61.